The van der Waals surface area contributed by atoms with E-state index in [1.807, 2.05) is 58.2 Å². The quantitative estimate of drug-likeness (QED) is 0.239. The van der Waals surface area contributed by atoms with Gasteiger partial charge in [0.1, 0.15) is 23.8 Å². The van der Waals surface area contributed by atoms with Crippen molar-refractivity contribution < 1.29 is 13.7 Å². The zero-order valence-corrected chi connectivity index (χ0v) is 26.3. The molecule has 2 unspecified atom stereocenters. The molecule has 0 fully saturated rings. The summed E-state index contributed by atoms with van der Waals surface area (Å²) < 4.78 is 30.7. The Morgan fingerprint density at radius 2 is 1.82 bits per heavy atom. The molecule has 3 rings (SSSR count). The van der Waals surface area contributed by atoms with E-state index in [0.29, 0.717) is 29.3 Å². The number of aromatic nitrogens is 2. The summed E-state index contributed by atoms with van der Waals surface area (Å²) in [5.74, 6) is 1.35. The summed E-state index contributed by atoms with van der Waals surface area (Å²) in [5.41, 5.74) is 4.00. The van der Waals surface area contributed by atoms with Crippen LogP contribution in [0.5, 0.6) is 5.75 Å². The van der Waals surface area contributed by atoms with Crippen molar-refractivity contribution in [3.05, 3.63) is 58.4 Å². The third-order valence-corrected chi connectivity index (χ3v) is 9.97. The lowest BCUT2D eigenvalue weighted by molar-refractivity contribution is 0.0856. The number of rotatable bonds is 10. The van der Waals surface area contributed by atoms with Gasteiger partial charge in [-0.2, -0.15) is 5.26 Å². The SMILES string of the molecule is COc1cc(C)cc(C)c1C(C)(NS(=O)C(C)(C)C)c1nc2cc(C#N)ccc2n1COCC[Si](C)(C)C. The largest absolute Gasteiger partial charge is 0.496 e. The highest BCUT2D eigenvalue weighted by Gasteiger charge is 2.41. The molecule has 0 saturated carbocycles. The summed E-state index contributed by atoms with van der Waals surface area (Å²) in [6, 6.07) is 12.8. The van der Waals surface area contributed by atoms with E-state index in [1.54, 1.807) is 19.2 Å². The first-order chi connectivity index (χ1) is 17.6. The number of aryl methyl sites for hydroxylation is 2. The van der Waals surface area contributed by atoms with Gasteiger partial charge in [0.05, 0.1) is 45.5 Å². The standard InChI is InChI=1S/C29H42N4O3SSi/c1-20-15-21(2)26(25(16-20)35-7)29(6,32-37(34)28(3,4)5)27-31-23-17-22(18-30)11-12-24(23)33(27)19-36-13-14-38(8,9)10/h11-12,15-17,32H,13-14,19H2,1-10H3. The van der Waals surface area contributed by atoms with E-state index in [0.717, 1.165) is 28.3 Å². The van der Waals surface area contributed by atoms with E-state index in [4.69, 9.17) is 14.5 Å². The zero-order valence-electron chi connectivity index (χ0n) is 24.5. The van der Waals surface area contributed by atoms with Crippen LogP contribution in [0.4, 0.5) is 0 Å². The lowest BCUT2D eigenvalue weighted by Crippen LogP contribution is -2.49. The average molecular weight is 555 g/mol. The molecule has 38 heavy (non-hydrogen) atoms. The number of fused-ring (bicyclic) bond motifs is 1. The number of methoxy groups -OCH3 is 1. The van der Waals surface area contributed by atoms with Crippen LogP contribution < -0.4 is 9.46 Å². The summed E-state index contributed by atoms with van der Waals surface area (Å²) >= 11 is 0. The normalized spacial score (nSPS) is 14.8. The van der Waals surface area contributed by atoms with Crippen molar-refractivity contribution in [1.29, 1.82) is 5.26 Å². The number of nitriles is 1. The molecule has 0 aliphatic rings. The van der Waals surface area contributed by atoms with E-state index < -0.39 is 29.3 Å². The summed E-state index contributed by atoms with van der Waals surface area (Å²) in [7, 11) is -1.05. The van der Waals surface area contributed by atoms with Gasteiger partial charge in [-0.1, -0.05) is 25.7 Å². The fourth-order valence-electron chi connectivity index (χ4n) is 4.52. The molecule has 1 N–H and O–H groups in total. The minimum Gasteiger partial charge on any atom is -0.496 e. The second kappa shape index (κ2) is 11.3. The van der Waals surface area contributed by atoms with Crippen LogP contribution in [-0.4, -0.2) is 40.3 Å². The van der Waals surface area contributed by atoms with Gasteiger partial charge in [-0.15, -0.1) is 0 Å². The molecule has 0 aliphatic carbocycles. The first kappa shape index (κ1) is 30.0. The molecule has 7 nitrogen and oxygen atoms in total. The summed E-state index contributed by atoms with van der Waals surface area (Å²) in [6.07, 6.45) is 0. The Balaban J connectivity index is 2.30. The highest BCUT2D eigenvalue weighted by atomic mass is 32.2. The van der Waals surface area contributed by atoms with Crippen LogP contribution in [0.1, 0.15) is 55.8 Å². The highest BCUT2D eigenvalue weighted by molar-refractivity contribution is 7.84. The minimum atomic E-state index is -1.43. The predicted molar refractivity (Wildman–Crippen MR) is 159 cm³/mol. The van der Waals surface area contributed by atoms with Crippen molar-refractivity contribution in [2.24, 2.45) is 0 Å². The maximum absolute atomic E-state index is 13.7. The van der Waals surface area contributed by atoms with Gasteiger partial charge in [-0.3, -0.25) is 0 Å². The van der Waals surface area contributed by atoms with Crippen LogP contribution in [0.25, 0.3) is 11.0 Å². The molecule has 3 aromatic rings. The smallest absolute Gasteiger partial charge is 0.137 e. The Kier molecular flexibility index (Phi) is 8.94. The van der Waals surface area contributed by atoms with E-state index in [2.05, 4.69) is 36.5 Å². The molecule has 0 bridgehead atoms. The second-order valence-electron chi connectivity index (χ2n) is 12.3. The molecule has 2 aromatic carbocycles. The first-order valence-corrected chi connectivity index (χ1v) is 17.8. The maximum atomic E-state index is 13.7. The summed E-state index contributed by atoms with van der Waals surface area (Å²) in [4.78, 5) is 5.06. The molecular formula is C29H42N4O3SSi. The van der Waals surface area contributed by atoms with E-state index in [-0.39, 0.29) is 6.73 Å². The van der Waals surface area contributed by atoms with Gasteiger partial charge in [0, 0.05) is 20.2 Å². The fourth-order valence-corrected chi connectivity index (χ4v) is 6.15. The van der Waals surface area contributed by atoms with Gasteiger partial charge in [0.25, 0.3) is 0 Å². The molecular weight excluding hydrogens is 512 g/mol. The van der Waals surface area contributed by atoms with Gasteiger partial charge in [0.15, 0.2) is 0 Å². The highest BCUT2D eigenvalue weighted by Crippen LogP contribution is 2.40. The van der Waals surface area contributed by atoms with Crippen LogP contribution in [0.15, 0.2) is 30.3 Å². The second-order valence-corrected chi connectivity index (χ2v) is 19.9. The maximum Gasteiger partial charge on any atom is 0.137 e. The lowest BCUT2D eigenvalue weighted by atomic mass is 9.86. The summed E-state index contributed by atoms with van der Waals surface area (Å²) in [5, 5.41) is 9.53. The zero-order chi connectivity index (χ0) is 28.5. The third kappa shape index (κ3) is 6.54. The molecule has 0 spiro atoms. The number of hydrogen-bond acceptors (Lipinski definition) is 5. The van der Waals surface area contributed by atoms with E-state index in [9.17, 15) is 9.47 Å². The van der Waals surface area contributed by atoms with Gasteiger partial charge < -0.3 is 14.0 Å². The average Bonchev–Trinajstić information content (AvgIpc) is 3.18. The summed E-state index contributed by atoms with van der Waals surface area (Å²) in [6.45, 7) is 19.8. The Morgan fingerprint density at radius 1 is 1.13 bits per heavy atom. The first-order valence-electron chi connectivity index (χ1n) is 12.9. The van der Waals surface area contributed by atoms with Gasteiger partial charge >= 0.3 is 0 Å². The number of ether oxygens (including phenoxy) is 2. The van der Waals surface area contributed by atoms with Gasteiger partial charge in [-0.25, -0.2) is 13.9 Å². The third-order valence-electron chi connectivity index (χ3n) is 6.56. The van der Waals surface area contributed by atoms with Crippen LogP contribution >= 0.6 is 0 Å². The molecule has 2 atom stereocenters. The van der Waals surface area contributed by atoms with E-state index >= 15 is 0 Å². The van der Waals surface area contributed by atoms with Crippen molar-refractivity contribution in [2.75, 3.05) is 13.7 Å². The number of nitrogens with zero attached hydrogens (tertiary/aromatic N) is 3. The Hall–Kier alpha value is -2.51. The number of benzene rings is 2. The van der Waals surface area contributed by atoms with Crippen LogP contribution in [-0.2, 0) is 28.0 Å². The van der Waals surface area contributed by atoms with Crippen molar-refractivity contribution in [3.8, 4) is 11.8 Å². The Morgan fingerprint density at radius 3 is 2.39 bits per heavy atom. The Bertz CT molecular complexity index is 1380. The predicted octanol–water partition coefficient (Wildman–Crippen LogP) is 6.16. The lowest BCUT2D eigenvalue weighted by Gasteiger charge is -2.36. The van der Waals surface area contributed by atoms with Gasteiger partial charge in [0.2, 0.25) is 0 Å². The topological polar surface area (TPSA) is 89.2 Å². The van der Waals surface area contributed by atoms with Crippen LogP contribution in [0, 0.1) is 25.2 Å². The number of hydrogen-bond donors (Lipinski definition) is 1. The molecule has 0 aliphatic heterocycles. The number of nitrogens with one attached hydrogen (secondary N) is 1. The molecule has 1 aromatic heterocycles. The monoisotopic (exact) mass is 554 g/mol. The molecule has 9 heteroatoms. The van der Waals surface area contributed by atoms with Crippen molar-refractivity contribution in [2.45, 2.75) is 84.2 Å². The fraction of sp³-hybridized carbons (Fsp3) is 0.517. The van der Waals surface area contributed by atoms with Crippen LogP contribution in [0.2, 0.25) is 25.7 Å². The molecule has 206 valence electrons. The van der Waals surface area contributed by atoms with Crippen molar-refractivity contribution >= 4 is 30.1 Å². The molecule has 0 amide bonds. The van der Waals surface area contributed by atoms with E-state index in [1.165, 1.54) is 0 Å². The van der Waals surface area contributed by atoms with Crippen molar-refractivity contribution in [3.63, 3.8) is 0 Å². The van der Waals surface area contributed by atoms with Gasteiger partial charge in [-0.05, 0) is 83.0 Å². The van der Waals surface area contributed by atoms with Crippen LogP contribution in [0.3, 0.4) is 0 Å². The molecule has 0 saturated heterocycles. The van der Waals surface area contributed by atoms with Crippen molar-refractivity contribution in [1.82, 2.24) is 14.3 Å². The molecule has 1 heterocycles. The Labute approximate surface area is 231 Å². The molecule has 0 radical (unpaired) electrons. The number of imidazole rings is 1. The minimum absolute atomic E-state index is 0.287.